The lowest BCUT2D eigenvalue weighted by molar-refractivity contribution is 0.327. The SMILES string of the molecule is CCC(C)(C)CNCCCCCCCN. The van der Waals surface area contributed by atoms with Crippen molar-refractivity contribution >= 4 is 0 Å². The van der Waals surface area contributed by atoms with Crippen molar-refractivity contribution < 1.29 is 0 Å². The highest BCUT2D eigenvalue weighted by Gasteiger charge is 2.13. The van der Waals surface area contributed by atoms with E-state index in [2.05, 4.69) is 26.1 Å². The van der Waals surface area contributed by atoms with Gasteiger partial charge in [-0.2, -0.15) is 0 Å². The van der Waals surface area contributed by atoms with Gasteiger partial charge in [0.15, 0.2) is 0 Å². The van der Waals surface area contributed by atoms with Crippen LogP contribution in [0.4, 0.5) is 0 Å². The summed E-state index contributed by atoms with van der Waals surface area (Å²) >= 11 is 0. The smallest absolute Gasteiger partial charge is 0.000241 e. The first-order valence-electron chi connectivity index (χ1n) is 6.53. The van der Waals surface area contributed by atoms with E-state index < -0.39 is 0 Å². The van der Waals surface area contributed by atoms with E-state index in [-0.39, 0.29) is 0 Å². The molecule has 0 atom stereocenters. The highest BCUT2D eigenvalue weighted by atomic mass is 14.9. The largest absolute Gasteiger partial charge is 0.330 e. The molecule has 0 spiro atoms. The van der Waals surface area contributed by atoms with Crippen molar-refractivity contribution in [2.45, 2.75) is 59.3 Å². The Morgan fingerprint density at radius 2 is 1.60 bits per heavy atom. The quantitative estimate of drug-likeness (QED) is 0.549. The molecule has 0 unspecified atom stereocenters. The van der Waals surface area contributed by atoms with Crippen LogP contribution in [0.5, 0.6) is 0 Å². The Labute approximate surface area is 96.0 Å². The van der Waals surface area contributed by atoms with Crippen LogP contribution in [0.2, 0.25) is 0 Å². The Morgan fingerprint density at radius 1 is 1.00 bits per heavy atom. The predicted molar refractivity (Wildman–Crippen MR) is 69.1 cm³/mol. The first-order valence-corrected chi connectivity index (χ1v) is 6.53. The summed E-state index contributed by atoms with van der Waals surface area (Å²) in [5.41, 5.74) is 5.90. The van der Waals surface area contributed by atoms with E-state index >= 15 is 0 Å². The van der Waals surface area contributed by atoms with Gasteiger partial charge in [-0.1, -0.05) is 40.0 Å². The van der Waals surface area contributed by atoms with E-state index in [1.54, 1.807) is 0 Å². The maximum atomic E-state index is 5.44. The molecule has 0 aromatic heterocycles. The van der Waals surface area contributed by atoms with E-state index in [1.165, 1.54) is 45.1 Å². The van der Waals surface area contributed by atoms with E-state index in [9.17, 15) is 0 Å². The summed E-state index contributed by atoms with van der Waals surface area (Å²) in [6.07, 6.45) is 7.74. The van der Waals surface area contributed by atoms with Crippen LogP contribution in [0.25, 0.3) is 0 Å². The van der Waals surface area contributed by atoms with Gasteiger partial charge in [0, 0.05) is 6.54 Å². The topological polar surface area (TPSA) is 38.0 Å². The van der Waals surface area contributed by atoms with Crippen molar-refractivity contribution in [3.8, 4) is 0 Å². The fourth-order valence-electron chi connectivity index (χ4n) is 1.48. The lowest BCUT2D eigenvalue weighted by Gasteiger charge is -2.22. The van der Waals surface area contributed by atoms with Gasteiger partial charge in [0.2, 0.25) is 0 Å². The molecule has 0 fully saturated rings. The van der Waals surface area contributed by atoms with Crippen molar-refractivity contribution in [3.63, 3.8) is 0 Å². The molecule has 0 bridgehead atoms. The molecule has 0 saturated carbocycles. The monoisotopic (exact) mass is 214 g/mol. The second-order valence-electron chi connectivity index (χ2n) is 5.25. The number of unbranched alkanes of at least 4 members (excludes halogenated alkanes) is 4. The van der Waals surface area contributed by atoms with Gasteiger partial charge in [-0.15, -0.1) is 0 Å². The summed E-state index contributed by atoms with van der Waals surface area (Å²) in [5, 5.41) is 3.54. The van der Waals surface area contributed by atoms with Gasteiger partial charge in [-0.25, -0.2) is 0 Å². The Bertz CT molecular complexity index is 132. The summed E-state index contributed by atoms with van der Waals surface area (Å²) in [4.78, 5) is 0. The first-order chi connectivity index (χ1) is 7.12. The molecule has 15 heavy (non-hydrogen) atoms. The highest BCUT2D eigenvalue weighted by molar-refractivity contribution is 4.68. The second-order valence-corrected chi connectivity index (χ2v) is 5.25. The van der Waals surface area contributed by atoms with Crippen LogP contribution in [0.15, 0.2) is 0 Å². The van der Waals surface area contributed by atoms with Gasteiger partial charge in [0.05, 0.1) is 0 Å². The maximum Gasteiger partial charge on any atom is 0.000241 e. The highest BCUT2D eigenvalue weighted by Crippen LogP contribution is 2.17. The molecule has 0 heterocycles. The standard InChI is InChI=1S/C13H30N2/c1-4-13(2,3)12-15-11-9-7-5-6-8-10-14/h15H,4-12,14H2,1-3H3. The summed E-state index contributed by atoms with van der Waals surface area (Å²) in [6.45, 7) is 10.1. The summed E-state index contributed by atoms with van der Waals surface area (Å²) in [5.74, 6) is 0. The van der Waals surface area contributed by atoms with Crippen LogP contribution < -0.4 is 11.1 Å². The number of rotatable bonds is 10. The molecule has 2 heteroatoms. The molecule has 0 saturated heterocycles. The molecule has 3 N–H and O–H groups in total. The van der Waals surface area contributed by atoms with Gasteiger partial charge in [-0.05, 0) is 37.8 Å². The third-order valence-corrected chi connectivity index (χ3v) is 3.12. The van der Waals surface area contributed by atoms with E-state index in [0.29, 0.717) is 5.41 Å². The minimum Gasteiger partial charge on any atom is -0.330 e. The van der Waals surface area contributed by atoms with Gasteiger partial charge in [0.1, 0.15) is 0 Å². The zero-order chi connectivity index (χ0) is 11.6. The molecule has 2 nitrogen and oxygen atoms in total. The fraction of sp³-hybridized carbons (Fsp3) is 1.00. The zero-order valence-electron chi connectivity index (χ0n) is 10.9. The van der Waals surface area contributed by atoms with Crippen LogP contribution in [0.3, 0.4) is 0 Å². The Hall–Kier alpha value is -0.0800. The molecule has 0 aromatic rings. The summed E-state index contributed by atoms with van der Waals surface area (Å²) < 4.78 is 0. The Kier molecular flexibility index (Phi) is 9.12. The molecule has 0 aliphatic rings. The summed E-state index contributed by atoms with van der Waals surface area (Å²) in [6, 6.07) is 0. The van der Waals surface area contributed by atoms with Crippen LogP contribution in [-0.2, 0) is 0 Å². The van der Waals surface area contributed by atoms with Gasteiger partial charge in [-0.3, -0.25) is 0 Å². The minimum atomic E-state index is 0.458. The Morgan fingerprint density at radius 3 is 2.20 bits per heavy atom. The van der Waals surface area contributed by atoms with Crippen molar-refractivity contribution in [3.05, 3.63) is 0 Å². The van der Waals surface area contributed by atoms with Crippen LogP contribution in [0, 0.1) is 5.41 Å². The third-order valence-electron chi connectivity index (χ3n) is 3.12. The van der Waals surface area contributed by atoms with Crippen molar-refractivity contribution in [1.82, 2.24) is 5.32 Å². The number of nitrogens with two attached hydrogens (primary N) is 1. The van der Waals surface area contributed by atoms with Crippen LogP contribution in [-0.4, -0.2) is 19.6 Å². The van der Waals surface area contributed by atoms with E-state index in [1.807, 2.05) is 0 Å². The average molecular weight is 214 g/mol. The molecule has 0 aliphatic heterocycles. The zero-order valence-corrected chi connectivity index (χ0v) is 10.9. The van der Waals surface area contributed by atoms with Crippen LogP contribution >= 0.6 is 0 Å². The molecule has 0 amide bonds. The van der Waals surface area contributed by atoms with E-state index in [0.717, 1.165) is 13.1 Å². The molecular weight excluding hydrogens is 184 g/mol. The van der Waals surface area contributed by atoms with Gasteiger partial charge in [0.25, 0.3) is 0 Å². The fourth-order valence-corrected chi connectivity index (χ4v) is 1.48. The molecule has 92 valence electrons. The van der Waals surface area contributed by atoms with Crippen molar-refractivity contribution in [2.75, 3.05) is 19.6 Å². The lowest BCUT2D eigenvalue weighted by atomic mass is 9.90. The normalized spacial score (nSPS) is 12.0. The van der Waals surface area contributed by atoms with Gasteiger partial charge >= 0.3 is 0 Å². The summed E-state index contributed by atoms with van der Waals surface area (Å²) in [7, 11) is 0. The number of nitrogens with one attached hydrogen (secondary N) is 1. The molecule has 0 aliphatic carbocycles. The molecule has 0 aromatic carbocycles. The maximum absolute atomic E-state index is 5.44. The lowest BCUT2D eigenvalue weighted by Crippen LogP contribution is -2.29. The first kappa shape index (κ1) is 14.9. The number of hydrogen-bond donors (Lipinski definition) is 2. The van der Waals surface area contributed by atoms with Crippen molar-refractivity contribution in [1.29, 1.82) is 0 Å². The minimum absolute atomic E-state index is 0.458. The molecule has 0 rings (SSSR count). The third kappa shape index (κ3) is 10.2. The molecule has 0 radical (unpaired) electrons. The van der Waals surface area contributed by atoms with Crippen molar-refractivity contribution in [2.24, 2.45) is 11.1 Å². The molecular formula is C13H30N2. The number of hydrogen-bond acceptors (Lipinski definition) is 2. The van der Waals surface area contributed by atoms with Gasteiger partial charge < -0.3 is 11.1 Å². The van der Waals surface area contributed by atoms with E-state index in [4.69, 9.17) is 5.73 Å². The Balaban J connectivity index is 3.11. The average Bonchev–Trinajstić information content (AvgIpc) is 2.22. The predicted octanol–water partition coefficient (Wildman–Crippen LogP) is 2.92. The van der Waals surface area contributed by atoms with Crippen LogP contribution in [0.1, 0.15) is 59.3 Å². The second kappa shape index (κ2) is 9.17.